The lowest BCUT2D eigenvalue weighted by Gasteiger charge is -2.34. The Hall–Kier alpha value is -2.90. The molecule has 0 aromatic heterocycles. The number of likely N-dealkylation sites (N-methyl/N-ethyl adjacent to an activating group) is 1. The number of rotatable bonds is 9. The molecule has 7 nitrogen and oxygen atoms in total. The normalized spacial score (nSPS) is 15.8. The standard InChI is InChI=1S/C26H36N4O3/c1-5-29-14-16-30(17-15-29)18-20-6-10-22(11-7-20)27-26(32)24(19(2)3)28-25(31)21-8-12-23(33-4)13-9-21/h6-13,19,24H,5,14-18H2,1-4H3,(H,27,32)(H,28,31). The molecule has 0 aliphatic carbocycles. The highest BCUT2D eigenvalue weighted by Gasteiger charge is 2.25. The molecule has 1 aliphatic rings. The summed E-state index contributed by atoms with van der Waals surface area (Å²) in [6.07, 6.45) is 0. The summed E-state index contributed by atoms with van der Waals surface area (Å²) in [5.41, 5.74) is 2.44. The Kier molecular flexibility index (Phi) is 8.86. The van der Waals surface area contributed by atoms with Crippen molar-refractivity contribution >= 4 is 17.5 Å². The largest absolute Gasteiger partial charge is 0.497 e. The van der Waals surface area contributed by atoms with Gasteiger partial charge in [-0.2, -0.15) is 0 Å². The summed E-state index contributed by atoms with van der Waals surface area (Å²) in [5.74, 6) is 0.102. The second kappa shape index (κ2) is 11.8. The van der Waals surface area contributed by atoms with Gasteiger partial charge in [0.25, 0.3) is 5.91 Å². The van der Waals surface area contributed by atoms with Crippen LogP contribution in [0.3, 0.4) is 0 Å². The van der Waals surface area contributed by atoms with E-state index >= 15 is 0 Å². The van der Waals surface area contributed by atoms with Crippen LogP contribution in [0.15, 0.2) is 48.5 Å². The van der Waals surface area contributed by atoms with Crippen LogP contribution in [0.2, 0.25) is 0 Å². The van der Waals surface area contributed by atoms with E-state index in [1.807, 2.05) is 26.0 Å². The lowest BCUT2D eigenvalue weighted by atomic mass is 10.0. The minimum absolute atomic E-state index is 0.0618. The van der Waals surface area contributed by atoms with E-state index in [-0.39, 0.29) is 17.7 Å². The fraction of sp³-hybridized carbons (Fsp3) is 0.462. The second-order valence-corrected chi connectivity index (χ2v) is 8.82. The average molecular weight is 453 g/mol. The van der Waals surface area contributed by atoms with E-state index in [0.29, 0.717) is 11.3 Å². The molecular formula is C26H36N4O3. The van der Waals surface area contributed by atoms with Crippen molar-refractivity contribution < 1.29 is 14.3 Å². The molecule has 178 valence electrons. The monoisotopic (exact) mass is 452 g/mol. The first-order valence-corrected chi connectivity index (χ1v) is 11.7. The Morgan fingerprint density at radius 2 is 1.55 bits per heavy atom. The van der Waals surface area contributed by atoms with Crippen molar-refractivity contribution in [3.8, 4) is 5.75 Å². The zero-order chi connectivity index (χ0) is 23.8. The number of hydrogen-bond donors (Lipinski definition) is 2. The maximum atomic E-state index is 12.9. The van der Waals surface area contributed by atoms with Gasteiger partial charge in [0.05, 0.1) is 7.11 Å². The van der Waals surface area contributed by atoms with Gasteiger partial charge >= 0.3 is 0 Å². The number of methoxy groups -OCH3 is 1. The predicted octanol–water partition coefficient (Wildman–Crippen LogP) is 3.23. The quantitative estimate of drug-likeness (QED) is 0.611. The summed E-state index contributed by atoms with van der Waals surface area (Å²) in [6.45, 7) is 12.5. The molecule has 7 heteroatoms. The van der Waals surface area contributed by atoms with Gasteiger partial charge in [0.1, 0.15) is 11.8 Å². The topological polar surface area (TPSA) is 73.9 Å². The molecule has 2 aromatic rings. The summed E-state index contributed by atoms with van der Waals surface area (Å²) in [4.78, 5) is 30.5. The zero-order valence-electron chi connectivity index (χ0n) is 20.1. The fourth-order valence-corrected chi connectivity index (χ4v) is 3.94. The Bertz CT molecular complexity index is 904. The first-order valence-electron chi connectivity index (χ1n) is 11.7. The Morgan fingerprint density at radius 1 is 0.939 bits per heavy atom. The highest BCUT2D eigenvalue weighted by atomic mass is 16.5. The SMILES string of the molecule is CCN1CCN(Cc2ccc(NC(=O)C(NC(=O)c3ccc(OC)cc3)C(C)C)cc2)CC1. The molecule has 1 saturated heterocycles. The molecule has 0 spiro atoms. The molecule has 2 amide bonds. The van der Waals surface area contributed by atoms with Gasteiger partial charge in [-0.3, -0.25) is 14.5 Å². The van der Waals surface area contributed by atoms with Gasteiger partial charge in [0.15, 0.2) is 0 Å². The molecule has 3 rings (SSSR count). The number of amides is 2. The van der Waals surface area contributed by atoms with Crippen LogP contribution in [0.25, 0.3) is 0 Å². The fourth-order valence-electron chi connectivity index (χ4n) is 3.94. The van der Waals surface area contributed by atoms with Crippen LogP contribution in [-0.4, -0.2) is 67.5 Å². The lowest BCUT2D eigenvalue weighted by Crippen LogP contribution is -2.47. The summed E-state index contributed by atoms with van der Waals surface area (Å²) < 4.78 is 5.13. The smallest absolute Gasteiger partial charge is 0.251 e. The number of hydrogen-bond acceptors (Lipinski definition) is 5. The molecular weight excluding hydrogens is 416 g/mol. The maximum absolute atomic E-state index is 12.9. The van der Waals surface area contributed by atoms with Gasteiger partial charge < -0.3 is 20.3 Å². The Morgan fingerprint density at radius 3 is 2.09 bits per heavy atom. The van der Waals surface area contributed by atoms with E-state index in [2.05, 4.69) is 39.5 Å². The molecule has 0 radical (unpaired) electrons. The number of carbonyl (C=O) groups is 2. The van der Waals surface area contributed by atoms with Gasteiger partial charge in [-0.05, 0) is 54.4 Å². The van der Waals surface area contributed by atoms with Gasteiger partial charge in [-0.25, -0.2) is 0 Å². The molecule has 1 aliphatic heterocycles. The molecule has 2 aromatic carbocycles. The molecule has 1 atom stereocenters. The molecule has 1 heterocycles. The summed E-state index contributed by atoms with van der Waals surface area (Å²) in [7, 11) is 1.58. The molecule has 0 bridgehead atoms. The van der Waals surface area contributed by atoms with Crippen molar-refractivity contribution in [2.24, 2.45) is 5.92 Å². The molecule has 2 N–H and O–H groups in total. The number of carbonyl (C=O) groups excluding carboxylic acids is 2. The predicted molar refractivity (Wildman–Crippen MR) is 132 cm³/mol. The van der Waals surface area contributed by atoms with Crippen molar-refractivity contribution in [2.75, 3.05) is 45.2 Å². The van der Waals surface area contributed by atoms with Crippen molar-refractivity contribution in [2.45, 2.75) is 33.4 Å². The summed E-state index contributed by atoms with van der Waals surface area (Å²) >= 11 is 0. The highest BCUT2D eigenvalue weighted by molar-refractivity contribution is 6.01. The summed E-state index contributed by atoms with van der Waals surface area (Å²) in [5, 5.41) is 5.81. The van der Waals surface area contributed by atoms with Gasteiger partial charge in [-0.1, -0.05) is 32.9 Å². The molecule has 1 unspecified atom stereocenters. The molecule has 1 fully saturated rings. The molecule has 33 heavy (non-hydrogen) atoms. The number of nitrogens with one attached hydrogen (secondary N) is 2. The van der Waals surface area contributed by atoms with Crippen LogP contribution in [0, 0.1) is 5.92 Å². The van der Waals surface area contributed by atoms with Gasteiger partial charge in [-0.15, -0.1) is 0 Å². The minimum Gasteiger partial charge on any atom is -0.497 e. The Balaban J connectivity index is 1.55. The maximum Gasteiger partial charge on any atom is 0.251 e. The van der Waals surface area contributed by atoms with E-state index in [4.69, 9.17) is 4.74 Å². The third-order valence-corrected chi connectivity index (χ3v) is 6.13. The van der Waals surface area contributed by atoms with Crippen LogP contribution >= 0.6 is 0 Å². The van der Waals surface area contributed by atoms with Crippen LogP contribution in [-0.2, 0) is 11.3 Å². The first-order chi connectivity index (χ1) is 15.9. The first kappa shape index (κ1) is 24.7. The van der Waals surface area contributed by atoms with E-state index in [0.717, 1.165) is 45.0 Å². The van der Waals surface area contributed by atoms with Crippen molar-refractivity contribution in [3.05, 3.63) is 59.7 Å². The lowest BCUT2D eigenvalue weighted by molar-refractivity contribution is -0.118. The van der Waals surface area contributed by atoms with Crippen LogP contribution < -0.4 is 15.4 Å². The van der Waals surface area contributed by atoms with Crippen molar-refractivity contribution in [1.29, 1.82) is 0 Å². The van der Waals surface area contributed by atoms with Crippen LogP contribution in [0.1, 0.15) is 36.7 Å². The summed E-state index contributed by atoms with van der Waals surface area (Å²) in [6, 6.07) is 14.2. The van der Waals surface area contributed by atoms with Crippen molar-refractivity contribution in [1.82, 2.24) is 15.1 Å². The number of nitrogens with zero attached hydrogens (tertiary/aromatic N) is 2. The number of anilines is 1. The van der Waals surface area contributed by atoms with E-state index in [1.165, 1.54) is 5.56 Å². The third-order valence-electron chi connectivity index (χ3n) is 6.13. The average Bonchev–Trinajstić information content (AvgIpc) is 2.83. The zero-order valence-corrected chi connectivity index (χ0v) is 20.1. The van der Waals surface area contributed by atoms with Crippen LogP contribution in [0.5, 0.6) is 5.75 Å². The highest BCUT2D eigenvalue weighted by Crippen LogP contribution is 2.16. The Labute approximate surface area is 197 Å². The van der Waals surface area contributed by atoms with E-state index < -0.39 is 6.04 Å². The second-order valence-electron chi connectivity index (χ2n) is 8.82. The third kappa shape index (κ3) is 7.04. The van der Waals surface area contributed by atoms with Crippen LogP contribution in [0.4, 0.5) is 5.69 Å². The number of piperazine rings is 1. The van der Waals surface area contributed by atoms with E-state index in [9.17, 15) is 9.59 Å². The molecule has 0 saturated carbocycles. The minimum atomic E-state index is -0.644. The number of benzene rings is 2. The van der Waals surface area contributed by atoms with Gasteiger partial charge in [0, 0.05) is 44.0 Å². The van der Waals surface area contributed by atoms with E-state index in [1.54, 1.807) is 31.4 Å². The van der Waals surface area contributed by atoms with Gasteiger partial charge in [0.2, 0.25) is 5.91 Å². The van der Waals surface area contributed by atoms with Crippen molar-refractivity contribution in [3.63, 3.8) is 0 Å². The number of ether oxygens (including phenoxy) is 1.